The zero-order valence-corrected chi connectivity index (χ0v) is 7.44. The Morgan fingerprint density at radius 2 is 2.50 bits per heavy atom. The standard InChI is InChI=1S/C7H9N3OS/c1-3-2-4(11)9-6-5(3)12-7(8)10-6/h3H,2H2,1H3,(H2,8,10)(H,9,11)/t3-/m1/s1. The first-order valence-electron chi connectivity index (χ1n) is 3.73. The lowest BCUT2D eigenvalue weighted by molar-refractivity contribution is -0.116. The number of fused-ring (bicyclic) bond motifs is 1. The highest BCUT2D eigenvalue weighted by molar-refractivity contribution is 7.16. The van der Waals surface area contributed by atoms with E-state index in [9.17, 15) is 4.79 Å². The Morgan fingerprint density at radius 1 is 1.75 bits per heavy atom. The Bertz CT molecular complexity index is 333. The SMILES string of the molecule is C[C@@H]1CC(=O)Nc2nc(N)sc21. The van der Waals surface area contributed by atoms with Gasteiger partial charge in [0.25, 0.3) is 0 Å². The summed E-state index contributed by atoms with van der Waals surface area (Å²) >= 11 is 1.45. The van der Waals surface area contributed by atoms with E-state index in [-0.39, 0.29) is 11.8 Å². The second-order valence-electron chi connectivity index (χ2n) is 2.92. The molecule has 0 radical (unpaired) electrons. The quantitative estimate of drug-likeness (QED) is 0.634. The number of thiazole rings is 1. The van der Waals surface area contributed by atoms with Crippen LogP contribution in [0.4, 0.5) is 10.9 Å². The van der Waals surface area contributed by atoms with Gasteiger partial charge in [0.1, 0.15) is 5.82 Å². The lowest BCUT2D eigenvalue weighted by atomic mass is 10.0. The molecule has 0 spiro atoms. The average Bonchev–Trinajstić information content (AvgIpc) is 2.29. The summed E-state index contributed by atoms with van der Waals surface area (Å²) in [6.45, 7) is 2.01. The lowest BCUT2D eigenvalue weighted by Crippen LogP contribution is -2.20. The molecule has 1 aliphatic rings. The van der Waals surface area contributed by atoms with E-state index in [2.05, 4.69) is 10.3 Å². The predicted molar refractivity (Wildman–Crippen MR) is 48.2 cm³/mol. The number of anilines is 2. The van der Waals surface area contributed by atoms with Gasteiger partial charge >= 0.3 is 0 Å². The fraction of sp³-hybridized carbons (Fsp3) is 0.429. The summed E-state index contributed by atoms with van der Waals surface area (Å²) < 4.78 is 0. The molecule has 1 amide bonds. The first kappa shape index (κ1) is 7.54. The Morgan fingerprint density at radius 3 is 3.25 bits per heavy atom. The molecule has 5 heteroatoms. The van der Waals surface area contributed by atoms with Gasteiger partial charge in [-0.2, -0.15) is 0 Å². The molecule has 2 heterocycles. The third-order valence-corrected chi connectivity index (χ3v) is 2.98. The maximum absolute atomic E-state index is 11.1. The van der Waals surface area contributed by atoms with Crippen molar-refractivity contribution in [2.75, 3.05) is 11.1 Å². The van der Waals surface area contributed by atoms with Crippen LogP contribution in [-0.4, -0.2) is 10.9 Å². The van der Waals surface area contributed by atoms with Gasteiger partial charge in [0.15, 0.2) is 5.13 Å². The van der Waals surface area contributed by atoms with E-state index in [0.717, 1.165) is 4.88 Å². The lowest BCUT2D eigenvalue weighted by Gasteiger charge is -2.16. The first-order chi connectivity index (χ1) is 5.66. The second-order valence-corrected chi connectivity index (χ2v) is 3.98. The Labute approximate surface area is 73.8 Å². The van der Waals surface area contributed by atoms with Gasteiger partial charge in [0, 0.05) is 12.3 Å². The van der Waals surface area contributed by atoms with Gasteiger partial charge in [-0.05, 0) is 0 Å². The van der Waals surface area contributed by atoms with E-state index in [4.69, 9.17) is 5.73 Å². The Hall–Kier alpha value is -1.10. The zero-order valence-electron chi connectivity index (χ0n) is 6.63. The minimum Gasteiger partial charge on any atom is -0.375 e. The number of carbonyl (C=O) groups is 1. The van der Waals surface area contributed by atoms with E-state index in [1.807, 2.05) is 6.92 Å². The van der Waals surface area contributed by atoms with E-state index in [1.165, 1.54) is 11.3 Å². The molecule has 0 saturated heterocycles. The molecular weight excluding hydrogens is 174 g/mol. The highest BCUT2D eigenvalue weighted by atomic mass is 32.1. The molecule has 1 aliphatic heterocycles. The number of nitrogens with two attached hydrogens (primary N) is 1. The topological polar surface area (TPSA) is 68.0 Å². The highest BCUT2D eigenvalue weighted by Gasteiger charge is 2.24. The number of nitrogens with zero attached hydrogens (tertiary/aromatic N) is 1. The van der Waals surface area contributed by atoms with E-state index in [1.54, 1.807) is 0 Å². The molecule has 0 aromatic carbocycles. The van der Waals surface area contributed by atoms with Crippen molar-refractivity contribution in [2.45, 2.75) is 19.3 Å². The van der Waals surface area contributed by atoms with Gasteiger partial charge in [0.05, 0.1) is 4.88 Å². The summed E-state index contributed by atoms with van der Waals surface area (Å²) in [5, 5.41) is 3.21. The van der Waals surface area contributed by atoms with Crippen molar-refractivity contribution in [3.05, 3.63) is 4.88 Å². The van der Waals surface area contributed by atoms with Crippen LogP contribution in [-0.2, 0) is 4.79 Å². The number of carbonyl (C=O) groups excluding carboxylic acids is 1. The number of amides is 1. The van der Waals surface area contributed by atoms with E-state index >= 15 is 0 Å². The highest BCUT2D eigenvalue weighted by Crippen LogP contribution is 2.36. The molecule has 3 N–H and O–H groups in total. The van der Waals surface area contributed by atoms with Crippen LogP contribution in [0, 0.1) is 0 Å². The molecule has 0 aliphatic carbocycles. The number of nitrogens with one attached hydrogen (secondary N) is 1. The summed E-state index contributed by atoms with van der Waals surface area (Å²) in [5.41, 5.74) is 5.52. The van der Waals surface area contributed by atoms with E-state index < -0.39 is 0 Å². The maximum Gasteiger partial charge on any atom is 0.226 e. The fourth-order valence-corrected chi connectivity index (χ4v) is 2.17. The third-order valence-electron chi connectivity index (χ3n) is 1.87. The minimum absolute atomic E-state index is 0.0281. The normalized spacial score (nSPS) is 21.8. The Balaban J connectivity index is 2.46. The summed E-state index contributed by atoms with van der Waals surface area (Å²) in [7, 11) is 0. The van der Waals surface area contributed by atoms with Crippen LogP contribution < -0.4 is 11.1 Å². The van der Waals surface area contributed by atoms with Crippen molar-refractivity contribution in [1.29, 1.82) is 0 Å². The molecular formula is C7H9N3OS. The van der Waals surface area contributed by atoms with Gasteiger partial charge < -0.3 is 11.1 Å². The van der Waals surface area contributed by atoms with Crippen LogP contribution in [0.25, 0.3) is 0 Å². The summed E-state index contributed by atoms with van der Waals surface area (Å²) in [5.74, 6) is 0.935. The molecule has 0 fully saturated rings. The van der Waals surface area contributed by atoms with Crippen molar-refractivity contribution in [3.8, 4) is 0 Å². The van der Waals surface area contributed by atoms with Crippen molar-refractivity contribution in [1.82, 2.24) is 4.98 Å². The van der Waals surface area contributed by atoms with Crippen LogP contribution in [0.15, 0.2) is 0 Å². The van der Waals surface area contributed by atoms with Gasteiger partial charge in [-0.3, -0.25) is 4.79 Å². The van der Waals surface area contributed by atoms with Gasteiger partial charge in [-0.15, -0.1) is 0 Å². The largest absolute Gasteiger partial charge is 0.375 e. The molecule has 0 bridgehead atoms. The van der Waals surface area contributed by atoms with Crippen LogP contribution in [0.3, 0.4) is 0 Å². The molecule has 1 atom stereocenters. The first-order valence-corrected chi connectivity index (χ1v) is 4.54. The molecule has 1 aromatic rings. The molecule has 64 valence electrons. The number of rotatable bonds is 0. The summed E-state index contributed by atoms with van der Waals surface area (Å²) in [6, 6.07) is 0. The number of nitrogen functional groups attached to an aromatic ring is 1. The maximum atomic E-state index is 11.1. The minimum atomic E-state index is 0.0281. The van der Waals surface area contributed by atoms with Crippen LogP contribution in [0.5, 0.6) is 0 Å². The molecule has 2 rings (SSSR count). The third kappa shape index (κ3) is 1.06. The fourth-order valence-electron chi connectivity index (χ4n) is 1.33. The summed E-state index contributed by atoms with van der Waals surface area (Å²) in [6.07, 6.45) is 0.536. The van der Waals surface area contributed by atoms with E-state index in [0.29, 0.717) is 17.4 Å². The Kier molecular flexibility index (Phi) is 1.54. The number of aromatic nitrogens is 1. The number of hydrogen-bond donors (Lipinski definition) is 2. The zero-order chi connectivity index (χ0) is 8.72. The van der Waals surface area contributed by atoms with Crippen molar-refractivity contribution < 1.29 is 4.79 Å². The molecule has 4 nitrogen and oxygen atoms in total. The van der Waals surface area contributed by atoms with Crippen LogP contribution in [0.1, 0.15) is 24.1 Å². The monoisotopic (exact) mass is 183 g/mol. The van der Waals surface area contributed by atoms with Crippen molar-refractivity contribution in [2.24, 2.45) is 0 Å². The smallest absolute Gasteiger partial charge is 0.226 e. The molecule has 0 unspecified atom stereocenters. The van der Waals surface area contributed by atoms with Crippen LogP contribution in [0.2, 0.25) is 0 Å². The van der Waals surface area contributed by atoms with Crippen molar-refractivity contribution in [3.63, 3.8) is 0 Å². The van der Waals surface area contributed by atoms with Gasteiger partial charge in [0.2, 0.25) is 5.91 Å². The van der Waals surface area contributed by atoms with Gasteiger partial charge in [-0.1, -0.05) is 18.3 Å². The summed E-state index contributed by atoms with van der Waals surface area (Å²) in [4.78, 5) is 16.2. The van der Waals surface area contributed by atoms with Gasteiger partial charge in [-0.25, -0.2) is 4.98 Å². The van der Waals surface area contributed by atoms with Crippen LogP contribution >= 0.6 is 11.3 Å². The number of hydrogen-bond acceptors (Lipinski definition) is 4. The predicted octanol–water partition coefficient (Wildman–Crippen LogP) is 1.17. The molecule has 12 heavy (non-hydrogen) atoms. The average molecular weight is 183 g/mol. The molecule has 1 aromatic heterocycles. The van der Waals surface area contributed by atoms with Crippen molar-refractivity contribution >= 4 is 28.2 Å². The molecule has 0 saturated carbocycles. The second kappa shape index (κ2) is 2.45.